The highest BCUT2D eigenvalue weighted by atomic mass is 16.6. The van der Waals surface area contributed by atoms with E-state index in [1.165, 1.54) is 4.57 Å². The molecule has 1 aromatic rings. The fourth-order valence-corrected chi connectivity index (χ4v) is 3.47. The van der Waals surface area contributed by atoms with Gasteiger partial charge in [0, 0.05) is 11.8 Å². The van der Waals surface area contributed by atoms with E-state index >= 15 is 0 Å². The molecule has 3 rings (SSSR count). The van der Waals surface area contributed by atoms with Crippen molar-refractivity contribution in [2.75, 3.05) is 12.3 Å². The molecule has 0 amide bonds. The third-order valence-corrected chi connectivity index (χ3v) is 5.19. The molecule has 2 aliphatic rings. The molecule has 2 fully saturated rings. The number of nitrogens with two attached hydrogens (primary N) is 1. The minimum atomic E-state index is -0.774. The molecule has 0 radical (unpaired) electrons. The summed E-state index contributed by atoms with van der Waals surface area (Å²) in [6.07, 6.45) is 1.24. The number of aryl methyl sites for hydroxylation is 1. The fourth-order valence-electron chi connectivity index (χ4n) is 3.47. The van der Waals surface area contributed by atoms with Crippen LogP contribution in [0.3, 0.4) is 0 Å². The van der Waals surface area contributed by atoms with E-state index in [0.717, 1.165) is 6.42 Å². The number of aliphatic hydroxyl groups is 1. The molecule has 2 bridgehead atoms. The van der Waals surface area contributed by atoms with Gasteiger partial charge in [0.05, 0.1) is 6.61 Å². The van der Waals surface area contributed by atoms with E-state index in [4.69, 9.17) is 15.2 Å². The highest BCUT2D eigenvalue weighted by molar-refractivity contribution is 5.35. The van der Waals surface area contributed by atoms with E-state index < -0.39 is 29.7 Å². The number of hydrogen-bond donors (Lipinski definition) is 2. The zero-order chi connectivity index (χ0) is 17.0. The van der Waals surface area contributed by atoms with Gasteiger partial charge in [-0.3, -0.25) is 4.57 Å². The average molecular weight is 323 g/mol. The maximum absolute atomic E-state index is 12.2. The summed E-state index contributed by atoms with van der Waals surface area (Å²) < 4.78 is 13.3. The van der Waals surface area contributed by atoms with Crippen molar-refractivity contribution in [3.63, 3.8) is 0 Å². The molecular weight excluding hydrogens is 298 g/mol. The molecule has 3 N–H and O–H groups in total. The number of hydrogen-bond acceptors (Lipinski definition) is 6. The van der Waals surface area contributed by atoms with Crippen LogP contribution < -0.4 is 11.4 Å². The van der Waals surface area contributed by atoms with E-state index in [1.54, 1.807) is 13.1 Å². The molecule has 7 heteroatoms. The van der Waals surface area contributed by atoms with Crippen LogP contribution >= 0.6 is 0 Å². The summed E-state index contributed by atoms with van der Waals surface area (Å²) >= 11 is 0. The van der Waals surface area contributed by atoms with Gasteiger partial charge in [-0.1, -0.05) is 27.2 Å². The van der Waals surface area contributed by atoms with E-state index in [-0.39, 0.29) is 11.2 Å². The van der Waals surface area contributed by atoms with Crippen molar-refractivity contribution in [1.29, 1.82) is 0 Å². The first-order valence-electron chi connectivity index (χ1n) is 8.02. The number of nitrogen functional groups attached to an aromatic ring is 1. The van der Waals surface area contributed by atoms with Crippen LogP contribution in [0.2, 0.25) is 0 Å². The predicted molar refractivity (Wildman–Crippen MR) is 84.9 cm³/mol. The lowest BCUT2D eigenvalue weighted by atomic mass is 9.77. The number of aliphatic hydroxyl groups excluding tert-OH is 1. The van der Waals surface area contributed by atoms with Gasteiger partial charge < -0.3 is 20.3 Å². The summed E-state index contributed by atoms with van der Waals surface area (Å²) in [6, 6.07) is 0. The molecule has 0 saturated carbocycles. The Labute approximate surface area is 135 Å². The predicted octanol–water partition coefficient (Wildman–Crippen LogP) is 0.988. The molecule has 2 aliphatic heterocycles. The van der Waals surface area contributed by atoms with Crippen molar-refractivity contribution in [2.45, 2.75) is 64.6 Å². The van der Waals surface area contributed by atoms with Gasteiger partial charge >= 0.3 is 5.69 Å². The van der Waals surface area contributed by atoms with Gasteiger partial charge in [-0.15, -0.1) is 0 Å². The van der Waals surface area contributed by atoms with E-state index in [1.807, 2.05) is 0 Å². The minimum Gasteiger partial charge on any atom is -0.387 e. The van der Waals surface area contributed by atoms with Gasteiger partial charge in [-0.25, -0.2) is 4.79 Å². The normalized spacial score (nSPS) is 33.3. The third kappa shape index (κ3) is 2.56. The Kier molecular flexibility index (Phi) is 3.78. The molecule has 3 heterocycles. The van der Waals surface area contributed by atoms with Gasteiger partial charge in [0.25, 0.3) is 0 Å². The number of fused-ring (bicyclic) bond motifs is 2. The highest BCUT2D eigenvalue weighted by Gasteiger charge is 2.62. The van der Waals surface area contributed by atoms with Crippen molar-refractivity contribution >= 4 is 5.82 Å². The average Bonchev–Trinajstić information content (AvgIpc) is 2.92. The molecule has 4 atom stereocenters. The second-order valence-corrected chi connectivity index (χ2v) is 7.49. The summed E-state index contributed by atoms with van der Waals surface area (Å²) in [6.45, 7) is 8.51. The number of rotatable bonds is 4. The van der Waals surface area contributed by atoms with Crippen LogP contribution in [-0.2, 0) is 9.47 Å². The molecular formula is C16H25N3O4. The number of anilines is 1. The Bertz CT molecular complexity index is 672. The van der Waals surface area contributed by atoms with Crippen molar-refractivity contribution in [1.82, 2.24) is 9.55 Å². The molecule has 3 unspecified atom stereocenters. The first-order valence-corrected chi connectivity index (χ1v) is 8.02. The molecule has 128 valence electrons. The summed E-state index contributed by atoms with van der Waals surface area (Å²) in [5.74, 6) is 0.206. The van der Waals surface area contributed by atoms with Crippen LogP contribution in [0.15, 0.2) is 11.0 Å². The molecule has 1 aromatic heterocycles. The van der Waals surface area contributed by atoms with E-state index in [0.29, 0.717) is 18.6 Å². The molecule has 0 spiro atoms. The second kappa shape index (κ2) is 5.29. The first-order chi connectivity index (χ1) is 10.7. The zero-order valence-corrected chi connectivity index (χ0v) is 14.1. The summed E-state index contributed by atoms with van der Waals surface area (Å²) in [5.41, 5.74) is 5.10. The lowest BCUT2D eigenvalue weighted by Crippen LogP contribution is -2.44. The Hall–Kier alpha value is -1.44. The van der Waals surface area contributed by atoms with Gasteiger partial charge in [0.1, 0.15) is 23.6 Å². The topological polar surface area (TPSA) is 99.6 Å². The lowest BCUT2D eigenvalue weighted by molar-refractivity contribution is -0.185. The van der Waals surface area contributed by atoms with Gasteiger partial charge in [0.2, 0.25) is 0 Å². The van der Waals surface area contributed by atoms with Crippen molar-refractivity contribution in [3.8, 4) is 0 Å². The van der Waals surface area contributed by atoms with Gasteiger partial charge in [-0.05, 0) is 18.8 Å². The van der Waals surface area contributed by atoms with Crippen LogP contribution in [0, 0.1) is 12.3 Å². The van der Waals surface area contributed by atoms with Crippen LogP contribution in [0.25, 0.3) is 0 Å². The first kappa shape index (κ1) is 16.4. The Morgan fingerprint density at radius 2 is 2.26 bits per heavy atom. The number of nitrogens with zero attached hydrogens (tertiary/aromatic N) is 2. The molecule has 2 saturated heterocycles. The second-order valence-electron chi connectivity index (χ2n) is 7.49. The quantitative estimate of drug-likeness (QED) is 0.857. The number of aromatic nitrogens is 2. The SMILES string of the molecule is CCC(C)(C)C[C@]12COC(C(n3cc(C)c(N)nc3=O)O1)C2O. The molecule has 0 aromatic carbocycles. The Balaban J connectivity index is 1.94. The number of ether oxygens (including phenoxy) is 2. The van der Waals surface area contributed by atoms with Crippen LogP contribution in [0.1, 0.15) is 45.4 Å². The zero-order valence-electron chi connectivity index (χ0n) is 14.1. The molecule has 0 aliphatic carbocycles. The molecule has 23 heavy (non-hydrogen) atoms. The van der Waals surface area contributed by atoms with E-state index in [9.17, 15) is 9.90 Å². The van der Waals surface area contributed by atoms with E-state index in [2.05, 4.69) is 25.8 Å². The Morgan fingerprint density at radius 1 is 1.57 bits per heavy atom. The van der Waals surface area contributed by atoms with Crippen molar-refractivity contribution < 1.29 is 14.6 Å². The summed E-state index contributed by atoms with van der Waals surface area (Å²) in [5, 5.41) is 10.7. The maximum Gasteiger partial charge on any atom is 0.351 e. The smallest absolute Gasteiger partial charge is 0.351 e. The minimum absolute atomic E-state index is 0.00830. The Morgan fingerprint density at radius 3 is 2.91 bits per heavy atom. The third-order valence-electron chi connectivity index (χ3n) is 5.19. The molecule has 7 nitrogen and oxygen atoms in total. The van der Waals surface area contributed by atoms with Crippen molar-refractivity contribution in [3.05, 3.63) is 22.2 Å². The summed E-state index contributed by atoms with van der Waals surface area (Å²) in [7, 11) is 0. The van der Waals surface area contributed by atoms with Crippen LogP contribution in [-0.4, -0.2) is 39.1 Å². The standard InChI is InChI=1S/C16H25N3O4/c1-5-15(3,4)7-16-8-22-10(11(16)20)13(23-16)19-6-9(2)12(17)18-14(19)21/h6,10-11,13,20H,5,7-8H2,1-4H3,(H2,17,18,21)/t10?,11?,13?,16-/m1/s1. The fraction of sp³-hybridized carbons (Fsp3) is 0.750. The van der Waals surface area contributed by atoms with Gasteiger partial charge in [-0.2, -0.15) is 4.98 Å². The summed E-state index contributed by atoms with van der Waals surface area (Å²) in [4.78, 5) is 16.0. The van der Waals surface area contributed by atoms with Crippen LogP contribution in [0.5, 0.6) is 0 Å². The monoisotopic (exact) mass is 323 g/mol. The maximum atomic E-state index is 12.2. The van der Waals surface area contributed by atoms with Gasteiger partial charge in [0.15, 0.2) is 6.23 Å². The lowest BCUT2D eigenvalue weighted by Gasteiger charge is -2.37. The largest absolute Gasteiger partial charge is 0.387 e. The van der Waals surface area contributed by atoms with Crippen molar-refractivity contribution in [2.24, 2.45) is 5.41 Å². The van der Waals surface area contributed by atoms with Crippen LogP contribution in [0.4, 0.5) is 5.82 Å². The highest BCUT2D eigenvalue weighted by Crippen LogP contribution is 2.50.